The summed E-state index contributed by atoms with van der Waals surface area (Å²) in [6.07, 6.45) is 1.74. The van der Waals surface area contributed by atoms with Crippen molar-refractivity contribution in [2.24, 2.45) is 0 Å². The lowest BCUT2D eigenvalue weighted by molar-refractivity contribution is -0.148. The van der Waals surface area contributed by atoms with E-state index in [2.05, 4.69) is 56.3 Å². The van der Waals surface area contributed by atoms with Crippen LogP contribution < -0.4 is 0 Å². The monoisotopic (exact) mass is 374 g/mol. The summed E-state index contributed by atoms with van der Waals surface area (Å²) in [5.74, 6) is -0.141. The second-order valence-electron chi connectivity index (χ2n) is 7.44. The minimum Gasteiger partial charge on any atom is -0.464 e. The van der Waals surface area contributed by atoms with Gasteiger partial charge in [-0.05, 0) is 35.1 Å². The topological polar surface area (TPSA) is 53.3 Å². The summed E-state index contributed by atoms with van der Waals surface area (Å²) in [5, 5.41) is 9.56. The first-order chi connectivity index (χ1) is 13.5. The van der Waals surface area contributed by atoms with Crippen LogP contribution in [0.1, 0.15) is 43.7 Å². The maximum Gasteiger partial charge on any atom is 0.329 e. The number of nitrogens with zero attached hydrogens (tertiary/aromatic N) is 2. The molecule has 3 rings (SSSR count). The van der Waals surface area contributed by atoms with Gasteiger partial charge in [0.05, 0.1) is 24.2 Å². The van der Waals surface area contributed by atoms with E-state index in [1.165, 1.54) is 11.1 Å². The Kier molecular flexibility index (Phi) is 5.84. The predicted octanol–water partition coefficient (Wildman–Crippen LogP) is 4.85. The molecule has 2 unspecified atom stereocenters. The molecule has 0 amide bonds. The normalized spacial score (nSPS) is 18.7. The van der Waals surface area contributed by atoms with Gasteiger partial charge < -0.3 is 9.64 Å². The Hall–Kier alpha value is -3.06. The van der Waals surface area contributed by atoms with E-state index in [1.54, 1.807) is 18.0 Å². The molecule has 28 heavy (non-hydrogen) atoms. The van der Waals surface area contributed by atoms with E-state index in [4.69, 9.17) is 4.74 Å². The highest BCUT2D eigenvalue weighted by molar-refractivity contribution is 5.80. The van der Waals surface area contributed by atoms with E-state index >= 15 is 0 Å². The number of carbonyl (C=O) groups is 1. The average Bonchev–Trinajstić information content (AvgIpc) is 3.04. The fourth-order valence-electron chi connectivity index (χ4n) is 3.74. The van der Waals surface area contributed by atoms with Gasteiger partial charge in [-0.15, -0.1) is 0 Å². The molecule has 2 aromatic carbocycles. The summed E-state index contributed by atoms with van der Waals surface area (Å²) >= 11 is 0. The van der Waals surface area contributed by atoms with Crippen molar-refractivity contribution >= 4 is 5.97 Å². The summed E-state index contributed by atoms with van der Waals surface area (Å²) in [5.41, 5.74) is 5.11. The van der Waals surface area contributed by atoms with E-state index in [-0.39, 0.29) is 11.9 Å². The van der Waals surface area contributed by atoms with Crippen LogP contribution in [0.3, 0.4) is 0 Å². The van der Waals surface area contributed by atoms with Crippen molar-refractivity contribution < 1.29 is 9.53 Å². The summed E-state index contributed by atoms with van der Waals surface area (Å²) in [6.45, 7) is 6.48. The van der Waals surface area contributed by atoms with Crippen LogP contribution >= 0.6 is 0 Å². The Balaban J connectivity index is 1.93. The second kappa shape index (κ2) is 8.31. The molecule has 4 heteroatoms. The van der Waals surface area contributed by atoms with Gasteiger partial charge in [0, 0.05) is 13.2 Å². The Morgan fingerprint density at radius 3 is 2.50 bits per heavy atom. The highest BCUT2D eigenvalue weighted by Gasteiger charge is 2.40. The molecule has 0 spiro atoms. The standard InChI is InChI=1S/C24H26N2O2/c1-5-28-24(27)23-22(21(14-25)15-26(23)4)18-11-9-17(10-12-18)20-8-6-7-19(13-20)16(2)3/h6-13,15-16,22-23H,5H2,1-4H3. The Bertz CT molecular complexity index is 922. The molecule has 1 heterocycles. The van der Waals surface area contributed by atoms with Crippen LogP contribution in [0, 0.1) is 11.3 Å². The first-order valence-corrected chi connectivity index (χ1v) is 9.67. The molecular formula is C24H26N2O2. The molecule has 0 aliphatic carbocycles. The van der Waals surface area contributed by atoms with E-state index in [1.807, 2.05) is 19.2 Å². The zero-order valence-electron chi connectivity index (χ0n) is 16.8. The van der Waals surface area contributed by atoms with Crippen LogP contribution in [0.25, 0.3) is 11.1 Å². The number of hydrogen-bond acceptors (Lipinski definition) is 4. The lowest BCUT2D eigenvalue weighted by atomic mass is 9.86. The molecule has 4 nitrogen and oxygen atoms in total. The number of nitriles is 1. The van der Waals surface area contributed by atoms with Crippen LogP contribution in [0.4, 0.5) is 0 Å². The zero-order valence-corrected chi connectivity index (χ0v) is 16.8. The van der Waals surface area contributed by atoms with Crippen molar-refractivity contribution in [2.45, 2.75) is 38.6 Å². The van der Waals surface area contributed by atoms with Crippen molar-refractivity contribution in [1.82, 2.24) is 4.90 Å². The summed E-state index contributed by atoms with van der Waals surface area (Å²) < 4.78 is 5.25. The van der Waals surface area contributed by atoms with Crippen LogP contribution in [0.2, 0.25) is 0 Å². The lowest BCUT2D eigenvalue weighted by Crippen LogP contribution is -2.37. The van der Waals surface area contributed by atoms with Gasteiger partial charge in [0.25, 0.3) is 0 Å². The van der Waals surface area contributed by atoms with Gasteiger partial charge in [-0.3, -0.25) is 0 Å². The molecule has 2 atom stereocenters. The molecule has 144 valence electrons. The third kappa shape index (κ3) is 3.80. The van der Waals surface area contributed by atoms with E-state index in [9.17, 15) is 10.1 Å². The third-order valence-corrected chi connectivity index (χ3v) is 5.25. The van der Waals surface area contributed by atoms with Gasteiger partial charge in [-0.2, -0.15) is 5.26 Å². The minimum absolute atomic E-state index is 0.301. The van der Waals surface area contributed by atoms with Crippen LogP contribution in [-0.4, -0.2) is 30.6 Å². The number of hydrogen-bond donors (Lipinski definition) is 0. The molecule has 1 aliphatic heterocycles. The summed E-state index contributed by atoms with van der Waals surface area (Å²) in [7, 11) is 1.81. The van der Waals surface area contributed by atoms with Crippen molar-refractivity contribution in [2.75, 3.05) is 13.7 Å². The number of esters is 1. The van der Waals surface area contributed by atoms with Crippen molar-refractivity contribution in [3.63, 3.8) is 0 Å². The highest BCUT2D eigenvalue weighted by atomic mass is 16.5. The first-order valence-electron chi connectivity index (χ1n) is 9.67. The predicted molar refractivity (Wildman–Crippen MR) is 111 cm³/mol. The third-order valence-electron chi connectivity index (χ3n) is 5.25. The SMILES string of the molecule is CCOC(=O)C1C(c2ccc(-c3cccc(C(C)C)c3)cc2)C(C#N)=CN1C. The second-order valence-corrected chi connectivity index (χ2v) is 7.44. The van der Waals surface area contributed by atoms with Crippen LogP contribution in [0.5, 0.6) is 0 Å². The lowest BCUT2D eigenvalue weighted by Gasteiger charge is -2.25. The summed E-state index contributed by atoms with van der Waals surface area (Å²) in [6, 6.07) is 18.4. The van der Waals surface area contributed by atoms with Crippen LogP contribution in [0.15, 0.2) is 60.3 Å². The molecule has 1 aliphatic rings. The Morgan fingerprint density at radius 2 is 1.89 bits per heavy atom. The molecule has 0 radical (unpaired) electrons. The largest absolute Gasteiger partial charge is 0.464 e. The zero-order chi connectivity index (χ0) is 20.3. The fraction of sp³-hybridized carbons (Fsp3) is 0.333. The number of ether oxygens (including phenoxy) is 1. The number of carbonyl (C=O) groups excluding carboxylic acids is 1. The quantitative estimate of drug-likeness (QED) is 0.703. The van der Waals surface area contributed by atoms with Gasteiger partial charge in [-0.25, -0.2) is 4.79 Å². The highest BCUT2D eigenvalue weighted by Crippen LogP contribution is 2.37. The van der Waals surface area contributed by atoms with Gasteiger partial charge in [0.15, 0.2) is 0 Å². The fourth-order valence-corrected chi connectivity index (χ4v) is 3.74. The molecular weight excluding hydrogens is 348 g/mol. The van der Waals surface area contributed by atoms with E-state index in [0.717, 1.165) is 11.1 Å². The van der Waals surface area contributed by atoms with E-state index < -0.39 is 6.04 Å². The van der Waals surface area contributed by atoms with Gasteiger partial charge in [0.2, 0.25) is 0 Å². The van der Waals surface area contributed by atoms with Gasteiger partial charge in [-0.1, -0.05) is 62.4 Å². The average molecular weight is 374 g/mol. The molecule has 2 aromatic rings. The van der Waals surface area contributed by atoms with Crippen molar-refractivity contribution in [3.05, 3.63) is 71.4 Å². The maximum absolute atomic E-state index is 12.5. The first kappa shape index (κ1) is 19.7. The maximum atomic E-state index is 12.5. The smallest absolute Gasteiger partial charge is 0.329 e. The molecule has 0 aromatic heterocycles. The molecule has 0 N–H and O–H groups in total. The van der Waals surface area contributed by atoms with Crippen molar-refractivity contribution in [3.8, 4) is 17.2 Å². The van der Waals surface area contributed by atoms with Gasteiger partial charge in [0.1, 0.15) is 6.04 Å². The minimum atomic E-state index is -0.510. The van der Waals surface area contributed by atoms with Crippen molar-refractivity contribution in [1.29, 1.82) is 5.26 Å². The molecule has 0 bridgehead atoms. The molecule has 0 saturated carbocycles. The molecule has 0 fully saturated rings. The molecule has 0 saturated heterocycles. The number of likely N-dealkylation sites (N-methyl/N-ethyl adjacent to an activating group) is 1. The van der Waals surface area contributed by atoms with Crippen LogP contribution in [-0.2, 0) is 9.53 Å². The Morgan fingerprint density at radius 1 is 1.18 bits per heavy atom. The Labute approximate surface area is 167 Å². The number of rotatable bonds is 5. The number of benzene rings is 2. The van der Waals surface area contributed by atoms with E-state index in [0.29, 0.717) is 18.1 Å². The summed E-state index contributed by atoms with van der Waals surface area (Å²) in [4.78, 5) is 14.3. The van der Waals surface area contributed by atoms with Gasteiger partial charge >= 0.3 is 5.97 Å².